The van der Waals surface area contributed by atoms with Gasteiger partial charge in [0.15, 0.2) is 11.5 Å². The van der Waals surface area contributed by atoms with Gasteiger partial charge in [-0.15, -0.1) is 11.3 Å². The molecule has 2 aromatic heterocycles. The Balaban J connectivity index is 0.00000104. The largest absolute Gasteiger partial charge is 0.480 e. The standard InChI is InChI=1S/C17H26N4O6.C4H5NS.C3H8.C2H6/c1-11(2)7-13(16(24)18-9-15(22)23)19-17(25)14-8-12(27-20-14)10-21-3-5-26-6-4-21;1-4-2-6-3-5-4;1-3-2;1-2/h8,11,13H,3-7,9-10H2,1-2H3,(H,18,24)(H,19,25)(H,22,23);2-3H,1H3;3H2,1-2H3;1-2H3. The lowest BCUT2D eigenvalue weighted by atomic mass is 10.0. The number of hydrogen-bond donors (Lipinski definition) is 3. The molecule has 1 aliphatic rings. The van der Waals surface area contributed by atoms with E-state index in [0.29, 0.717) is 31.9 Å². The van der Waals surface area contributed by atoms with Crippen LogP contribution in [0, 0.1) is 12.8 Å². The third-order valence-electron chi connectivity index (χ3n) is 4.57. The summed E-state index contributed by atoms with van der Waals surface area (Å²) in [5.74, 6) is -1.56. The van der Waals surface area contributed by atoms with Crippen molar-refractivity contribution in [3.63, 3.8) is 0 Å². The van der Waals surface area contributed by atoms with Crippen molar-refractivity contribution in [2.75, 3.05) is 32.8 Å². The molecular formula is C26H45N5O6S. The average molecular weight is 556 g/mol. The van der Waals surface area contributed by atoms with Gasteiger partial charge in [-0.05, 0) is 19.3 Å². The Hall–Kier alpha value is -2.83. The fraction of sp³-hybridized carbons (Fsp3) is 0.654. The Morgan fingerprint density at radius 2 is 1.82 bits per heavy atom. The molecule has 2 amide bonds. The predicted octanol–water partition coefficient (Wildman–Crippen LogP) is 3.75. The van der Waals surface area contributed by atoms with Crippen LogP contribution in [0.25, 0.3) is 0 Å². The number of aryl methyl sites for hydroxylation is 1. The van der Waals surface area contributed by atoms with Gasteiger partial charge >= 0.3 is 5.97 Å². The van der Waals surface area contributed by atoms with E-state index in [2.05, 4.69) is 39.5 Å². The first-order valence-corrected chi connectivity index (χ1v) is 14.0. The molecule has 3 rings (SSSR count). The van der Waals surface area contributed by atoms with Crippen LogP contribution in [0.4, 0.5) is 0 Å². The lowest BCUT2D eigenvalue weighted by Crippen LogP contribution is -2.48. The number of thiazole rings is 1. The van der Waals surface area contributed by atoms with Gasteiger partial charge in [-0.2, -0.15) is 0 Å². The number of morpholine rings is 1. The molecule has 0 aromatic carbocycles. The molecule has 1 unspecified atom stereocenters. The van der Waals surface area contributed by atoms with E-state index in [1.54, 1.807) is 17.4 Å². The molecule has 0 aliphatic carbocycles. The van der Waals surface area contributed by atoms with Crippen LogP contribution in [-0.4, -0.2) is 76.8 Å². The first kappa shape index (κ1) is 35.2. The van der Waals surface area contributed by atoms with Crippen molar-refractivity contribution in [1.82, 2.24) is 25.7 Å². The zero-order valence-corrected chi connectivity index (χ0v) is 24.6. The van der Waals surface area contributed by atoms with E-state index in [-0.39, 0.29) is 11.6 Å². The summed E-state index contributed by atoms with van der Waals surface area (Å²) in [6, 6.07) is 0.697. The fourth-order valence-corrected chi connectivity index (χ4v) is 3.51. The number of rotatable bonds is 9. The zero-order chi connectivity index (χ0) is 28.9. The van der Waals surface area contributed by atoms with Crippen molar-refractivity contribution < 1.29 is 28.8 Å². The normalized spacial score (nSPS) is 13.5. The zero-order valence-electron chi connectivity index (χ0n) is 23.8. The number of aromatic nitrogens is 2. The second kappa shape index (κ2) is 21.1. The second-order valence-electron chi connectivity index (χ2n) is 8.67. The van der Waals surface area contributed by atoms with E-state index in [0.717, 1.165) is 18.8 Å². The highest BCUT2D eigenvalue weighted by Gasteiger charge is 2.25. The summed E-state index contributed by atoms with van der Waals surface area (Å²) >= 11 is 1.63. The Morgan fingerprint density at radius 3 is 2.29 bits per heavy atom. The molecule has 1 aliphatic heterocycles. The number of aliphatic carboxylic acids is 1. The van der Waals surface area contributed by atoms with Gasteiger partial charge in [0.2, 0.25) is 5.91 Å². The van der Waals surface area contributed by atoms with Gasteiger partial charge in [-0.3, -0.25) is 24.3 Å². The molecule has 38 heavy (non-hydrogen) atoms. The van der Waals surface area contributed by atoms with Crippen LogP contribution in [0.15, 0.2) is 21.5 Å². The van der Waals surface area contributed by atoms with Gasteiger partial charge in [0, 0.05) is 30.2 Å². The highest BCUT2D eigenvalue weighted by molar-refractivity contribution is 7.07. The van der Waals surface area contributed by atoms with Crippen LogP contribution in [0.2, 0.25) is 0 Å². The average Bonchev–Trinajstić information content (AvgIpc) is 3.56. The minimum Gasteiger partial charge on any atom is -0.480 e. The summed E-state index contributed by atoms with van der Waals surface area (Å²) in [7, 11) is 0. The lowest BCUT2D eigenvalue weighted by molar-refractivity contribution is -0.138. The Morgan fingerprint density at radius 1 is 1.18 bits per heavy atom. The van der Waals surface area contributed by atoms with E-state index in [9.17, 15) is 14.4 Å². The summed E-state index contributed by atoms with van der Waals surface area (Å²) in [4.78, 5) is 41.3. The molecule has 0 saturated carbocycles. The molecule has 3 heterocycles. The Labute approximate surface area is 230 Å². The van der Waals surface area contributed by atoms with Gasteiger partial charge in [0.25, 0.3) is 5.91 Å². The molecule has 216 valence electrons. The predicted molar refractivity (Wildman–Crippen MR) is 148 cm³/mol. The second-order valence-corrected chi connectivity index (χ2v) is 9.39. The smallest absolute Gasteiger partial charge is 0.322 e. The molecule has 0 radical (unpaired) electrons. The maximum Gasteiger partial charge on any atom is 0.322 e. The summed E-state index contributed by atoms with van der Waals surface area (Å²) in [6.45, 7) is 16.9. The maximum atomic E-state index is 12.4. The molecule has 2 aromatic rings. The number of amides is 2. The van der Waals surface area contributed by atoms with Crippen molar-refractivity contribution in [3.8, 4) is 0 Å². The van der Waals surface area contributed by atoms with Crippen LogP contribution in [0.3, 0.4) is 0 Å². The first-order valence-electron chi connectivity index (χ1n) is 13.1. The van der Waals surface area contributed by atoms with Crippen molar-refractivity contribution in [2.24, 2.45) is 5.92 Å². The van der Waals surface area contributed by atoms with Crippen LogP contribution >= 0.6 is 11.3 Å². The number of carboxylic acid groups (broad SMARTS) is 1. The number of carbonyl (C=O) groups is 3. The highest BCUT2D eigenvalue weighted by atomic mass is 32.1. The van der Waals surface area contributed by atoms with Gasteiger partial charge in [-0.1, -0.05) is 53.1 Å². The molecular weight excluding hydrogens is 510 g/mol. The third-order valence-corrected chi connectivity index (χ3v) is 5.28. The van der Waals surface area contributed by atoms with Gasteiger partial charge in [-0.25, -0.2) is 0 Å². The summed E-state index contributed by atoms with van der Waals surface area (Å²) < 4.78 is 10.5. The molecule has 12 heteroatoms. The third kappa shape index (κ3) is 16.1. The molecule has 11 nitrogen and oxygen atoms in total. The number of nitrogens with zero attached hydrogens (tertiary/aromatic N) is 3. The minimum atomic E-state index is -1.15. The first-order chi connectivity index (χ1) is 18.2. The van der Waals surface area contributed by atoms with Crippen LogP contribution < -0.4 is 10.6 Å². The Kier molecular flexibility index (Phi) is 19.6. The number of nitrogens with one attached hydrogen (secondary N) is 2. The van der Waals surface area contributed by atoms with E-state index in [4.69, 9.17) is 14.4 Å². The fourth-order valence-electron chi connectivity index (χ4n) is 2.97. The van der Waals surface area contributed by atoms with Gasteiger partial charge < -0.3 is 25.0 Å². The summed E-state index contributed by atoms with van der Waals surface area (Å²) in [6.07, 6.45) is 1.62. The molecule has 1 fully saturated rings. The minimum absolute atomic E-state index is 0.0815. The van der Waals surface area contributed by atoms with E-state index >= 15 is 0 Å². The van der Waals surface area contributed by atoms with Crippen molar-refractivity contribution in [2.45, 2.75) is 73.9 Å². The van der Waals surface area contributed by atoms with Gasteiger partial charge in [0.1, 0.15) is 12.6 Å². The monoisotopic (exact) mass is 555 g/mol. The molecule has 1 atom stereocenters. The van der Waals surface area contributed by atoms with Gasteiger partial charge in [0.05, 0.1) is 25.3 Å². The molecule has 0 spiro atoms. The van der Waals surface area contributed by atoms with Crippen LogP contribution in [-0.2, 0) is 20.9 Å². The summed E-state index contributed by atoms with van der Waals surface area (Å²) in [5.41, 5.74) is 3.02. The Bertz CT molecular complexity index is 898. The van der Waals surface area contributed by atoms with E-state index in [1.807, 2.05) is 45.5 Å². The number of carboxylic acids is 1. The van der Waals surface area contributed by atoms with E-state index in [1.165, 1.54) is 6.42 Å². The number of hydrogen-bond acceptors (Lipinski definition) is 9. The van der Waals surface area contributed by atoms with Crippen molar-refractivity contribution in [1.29, 1.82) is 0 Å². The quantitative estimate of drug-likeness (QED) is 0.421. The molecule has 1 saturated heterocycles. The maximum absolute atomic E-state index is 12.4. The van der Waals surface area contributed by atoms with Crippen molar-refractivity contribution >= 4 is 29.1 Å². The molecule has 0 bridgehead atoms. The number of ether oxygens (including phenoxy) is 1. The highest BCUT2D eigenvalue weighted by Crippen LogP contribution is 2.11. The topological polar surface area (TPSA) is 147 Å². The van der Waals surface area contributed by atoms with Crippen molar-refractivity contribution in [3.05, 3.63) is 34.1 Å². The number of carbonyl (C=O) groups excluding carboxylic acids is 2. The molecule has 3 N–H and O–H groups in total. The SMILES string of the molecule is CC.CC(C)CC(NC(=O)c1cc(CN2CCOCC2)on1)C(=O)NCC(=O)O.CCC.Cc1cscn1. The van der Waals surface area contributed by atoms with E-state index < -0.39 is 30.4 Å². The lowest BCUT2D eigenvalue weighted by Gasteiger charge is -2.25. The summed E-state index contributed by atoms with van der Waals surface area (Å²) in [5, 5.41) is 19.4. The van der Waals surface area contributed by atoms with Crippen LogP contribution in [0.1, 0.15) is 76.3 Å². The van der Waals surface area contributed by atoms with Crippen LogP contribution in [0.5, 0.6) is 0 Å².